The summed E-state index contributed by atoms with van der Waals surface area (Å²) in [6, 6.07) is 0.341. The van der Waals surface area contributed by atoms with E-state index >= 15 is 0 Å². The summed E-state index contributed by atoms with van der Waals surface area (Å²) in [5.41, 5.74) is 0.322. The van der Waals surface area contributed by atoms with Crippen molar-refractivity contribution >= 4 is 0 Å². The summed E-state index contributed by atoms with van der Waals surface area (Å²) >= 11 is 0. The van der Waals surface area contributed by atoms with E-state index in [0.29, 0.717) is 17.4 Å². The highest BCUT2D eigenvalue weighted by Crippen LogP contribution is 2.26. The minimum atomic E-state index is -0.113. The van der Waals surface area contributed by atoms with Crippen molar-refractivity contribution < 1.29 is 5.11 Å². The topological polar surface area (TPSA) is 32.3 Å². The molecular weight excluding hydrogens is 174 g/mol. The summed E-state index contributed by atoms with van der Waals surface area (Å²) in [6.45, 7) is 10.1. The molecule has 1 aliphatic carbocycles. The summed E-state index contributed by atoms with van der Waals surface area (Å²) in [5, 5.41) is 13.2. The van der Waals surface area contributed by atoms with Gasteiger partial charge in [-0.2, -0.15) is 0 Å². The maximum Gasteiger partial charge on any atom is 0.0693 e. The lowest BCUT2D eigenvalue weighted by atomic mass is 9.81. The van der Waals surface area contributed by atoms with E-state index in [2.05, 4.69) is 33.0 Å². The molecule has 2 atom stereocenters. The van der Waals surface area contributed by atoms with Gasteiger partial charge in [-0.3, -0.25) is 0 Å². The quantitative estimate of drug-likeness (QED) is 0.727. The van der Waals surface area contributed by atoms with Crippen LogP contribution in [0.1, 0.15) is 47.0 Å². The first-order chi connectivity index (χ1) is 6.43. The molecule has 0 aromatic heterocycles. The second-order valence-electron chi connectivity index (χ2n) is 5.63. The molecule has 0 aromatic carbocycles. The molecular formula is C12H25NO. The van der Waals surface area contributed by atoms with E-state index in [4.69, 9.17) is 0 Å². The van der Waals surface area contributed by atoms with Crippen molar-refractivity contribution in [2.75, 3.05) is 6.54 Å². The fourth-order valence-corrected chi connectivity index (χ4v) is 1.78. The molecule has 0 radical (unpaired) electrons. The number of rotatable bonds is 4. The third kappa shape index (κ3) is 2.96. The van der Waals surface area contributed by atoms with Gasteiger partial charge in [-0.1, -0.05) is 27.7 Å². The van der Waals surface area contributed by atoms with Gasteiger partial charge in [0, 0.05) is 12.6 Å². The molecule has 0 amide bonds. The molecule has 0 spiro atoms. The van der Waals surface area contributed by atoms with Crippen molar-refractivity contribution in [2.24, 2.45) is 11.3 Å². The number of hydrogen-bond acceptors (Lipinski definition) is 2. The Balaban J connectivity index is 2.32. The lowest BCUT2D eigenvalue weighted by molar-refractivity contribution is 0.134. The average molecular weight is 199 g/mol. The Hall–Kier alpha value is -0.0800. The summed E-state index contributed by atoms with van der Waals surface area (Å²) in [4.78, 5) is 0. The maximum absolute atomic E-state index is 9.66. The Morgan fingerprint density at radius 2 is 2.00 bits per heavy atom. The van der Waals surface area contributed by atoms with Crippen LogP contribution in [0.3, 0.4) is 0 Å². The lowest BCUT2D eigenvalue weighted by Gasteiger charge is -2.31. The van der Waals surface area contributed by atoms with Crippen LogP contribution in [-0.4, -0.2) is 23.8 Å². The van der Waals surface area contributed by atoms with Crippen LogP contribution in [0.25, 0.3) is 0 Å². The normalized spacial score (nSPS) is 28.7. The van der Waals surface area contributed by atoms with Gasteiger partial charge in [0.1, 0.15) is 0 Å². The molecule has 0 heterocycles. The fourth-order valence-electron chi connectivity index (χ4n) is 1.78. The highest BCUT2D eigenvalue weighted by molar-refractivity contribution is 4.85. The van der Waals surface area contributed by atoms with Gasteiger partial charge in [0.2, 0.25) is 0 Å². The number of nitrogens with one attached hydrogen (secondary N) is 1. The minimum Gasteiger partial charge on any atom is -0.392 e. The first kappa shape index (κ1) is 12.0. The maximum atomic E-state index is 9.66. The van der Waals surface area contributed by atoms with Crippen LogP contribution in [0.2, 0.25) is 0 Å². The van der Waals surface area contributed by atoms with Crippen LogP contribution in [0, 0.1) is 11.3 Å². The van der Waals surface area contributed by atoms with E-state index in [-0.39, 0.29) is 6.10 Å². The molecule has 0 saturated heterocycles. The molecule has 1 fully saturated rings. The van der Waals surface area contributed by atoms with Crippen LogP contribution in [0.15, 0.2) is 0 Å². The second kappa shape index (κ2) is 4.63. The van der Waals surface area contributed by atoms with Gasteiger partial charge in [-0.25, -0.2) is 0 Å². The van der Waals surface area contributed by atoms with Crippen molar-refractivity contribution in [1.29, 1.82) is 0 Å². The van der Waals surface area contributed by atoms with Crippen molar-refractivity contribution in [3.8, 4) is 0 Å². The van der Waals surface area contributed by atoms with Gasteiger partial charge in [0.05, 0.1) is 6.10 Å². The molecule has 2 nitrogen and oxygen atoms in total. The van der Waals surface area contributed by atoms with Crippen molar-refractivity contribution in [1.82, 2.24) is 5.32 Å². The van der Waals surface area contributed by atoms with E-state index in [1.54, 1.807) is 0 Å². The van der Waals surface area contributed by atoms with Crippen LogP contribution < -0.4 is 5.32 Å². The molecule has 2 unspecified atom stereocenters. The SMILES string of the molecule is CC(C)C(C)(C)CNC1CCCC1O. The highest BCUT2D eigenvalue weighted by Gasteiger charge is 2.28. The number of hydrogen-bond donors (Lipinski definition) is 2. The molecule has 2 heteroatoms. The first-order valence-electron chi connectivity index (χ1n) is 5.85. The minimum absolute atomic E-state index is 0.113. The van der Waals surface area contributed by atoms with Crippen molar-refractivity contribution in [3.05, 3.63) is 0 Å². The predicted octanol–water partition coefficient (Wildman–Crippen LogP) is 2.17. The predicted molar refractivity (Wildman–Crippen MR) is 60.3 cm³/mol. The Bertz CT molecular complexity index is 177. The van der Waals surface area contributed by atoms with Crippen LogP contribution in [0.4, 0.5) is 0 Å². The van der Waals surface area contributed by atoms with Crippen molar-refractivity contribution in [3.63, 3.8) is 0 Å². The number of aliphatic hydroxyl groups is 1. The van der Waals surface area contributed by atoms with E-state index in [1.165, 1.54) is 6.42 Å². The molecule has 1 saturated carbocycles. The zero-order valence-corrected chi connectivity index (χ0v) is 10.0. The zero-order chi connectivity index (χ0) is 10.8. The molecule has 1 rings (SSSR count). The Kier molecular flexibility index (Phi) is 3.96. The summed E-state index contributed by atoms with van der Waals surface area (Å²) in [6.07, 6.45) is 3.16. The van der Waals surface area contributed by atoms with E-state index < -0.39 is 0 Å². The van der Waals surface area contributed by atoms with E-state index in [1.807, 2.05) is 0 Å². The zero-order valence-electron chi connectivity index (χ0n) is 10.0. The van der Waals surface area contributed by atoms with Crippen molar-refractivity contribution in [2.45, 2.75) is 59.1 Å². The smallest absolute Gasteiger partial charge is 0.0693 e. The van der Waals surface area contributed by atoms with Gasteiger partial charge < -0.3 is 10.4 Å². The average Bonchev–Trinajstić information content (AvgIpc) is 2.47. The fraction of sp³-hybridized carbons (Fsp3) is 1.00. The van der Waals surface area contributed by atoms with Gasteiger partial charge in [0.25, 0.3) is 0 Å². The third-order valence-corrected chi connectivity index (χ3v) is 3.86. The molecule has 0 aliphatic heterocycles. The first-order valence-corrected chi connectivity index (χ1v) is 5.85. The largest absolute Gasteiger partial charge is 0.392 e. The van der Waals surface area contributed by atoms with Gasteiger partial charge >= 0.3 is 0 Å². The summed E-state index contributed by atoms with van der Waals surface area (Å²) < 4.78 is 0. The molecule has 84 valence electrons. The summed E-state index contributed by atoms with van der Waals surface area (Å²) in [5.74, 6) is 0.675. The molecule has 2 N–H and O–H groups in total. The number of aliphatic hydroxyl groups excluding tert-OH is 1. The van der Waals surface area contributed by atoms with E-state index in [0.717, 1.165) is 19.4 Å². The summed E-state index contributed by atoms with van der Waals surface area (Å²) in [7, 11) is 0. The third-order valence-electron chi connectivity index (χ3n) is 3.86. The molecule has 1 aliphatic rings. The van der Waals surface area contributed by atoms with Crippen LogP contribution >= 0.6 is 0 Å². The van der Waals surface area contributed by atoms with Gasteiger partial charge in [-0.05, 0) is 30.6 Å². The van der Waals surface area contributed by atoms with Crippen LogP contribution in [-0.2, 0) is 0 Å². The van der Waals surface area contributed by atoms with Crippen LogP contribution in [0.5, 0.6) is 0 Å². The lowest BCUT2D eigenvalue weighted by Crippen LogP contribution is -2.42. The molecule has 14 heavy (non-hydrogen) atoms. The standard InChI is InChI=1S/C12H25NO/c1-9(2)12(3,4)8-13-10-6-5-7-11(10)14/h9-11,13-14H,5-8H2,1-4H3. The molecule has 0 bridgehead atoms. The van der Waals surface area contributed by atoms with Gasteiger partial charge in [-0.15, -0.1) is 0 Å². The van der Waals surface area contributed by atoms with Gasteiger partial charge in [0.15, 0.2) is 0 Å². The Morgan fingerprint density at radius 3 is 2.43 bits per heavy atom. The second-order valence-corrected chi connectivity index (χ2v) is 5.63. The monoisotopic (exact) mass is 199 g/mol. The highest BCUT2D eigenvalue weighted by atomic mass is 16.3. The van der Waals surface area contributed by atoms with E-state index in [9.17, 15) is 5.11 Å². The molecule has 0 aromatic rings. The Morgan fingerprint density at radius 1 is 1.36 bits per heavy atom. The Labute approximate surface area is 88.1 Å².